The number of nitrogens with one attached hydrogen (secondary N) is 1. The Kier molecular flexibility index (Phi) is 4.01. The van der Waals surface area contributed by atoms with Crippen molar-refractivity contribution in [3.8, 4) is 0 Å². The minimum Gasteiger partial charge on any atom is -0.391 e. The highest BCUT2D eigenvalue weighted by Gasteiger charge is 2.42. The lowest BCUT2D eigenvalue weighted by Gasteiger charge is -2.41. The zero-order chi connectivity index (χ0) is 17.4. The van der Waals surface area contributed by atoms with Crippen molar-refractivity contribution in [3.63, 3.8) is 0 Å². The van der Waals surface area contributed by atoms with Gasteiger partial charge in [-0.05, 0) is 43.2 Å². The summed E-state index contributed by atoms with van der Waals surface area (Å²) in [6.07, 6.45) is 4.90. The highest BCUT2D eigenvalue weighted by Crippen LogP contribution is 2.32. The summed E-state index contributed by atoms with van der Waals surface area (Å²) in [7, 11) is 0. The van der Waals surface area contributed by atoms with Crippen molar-refractivity contribution in [2.24, 2.45) is 0 Å². The normalized spacial score (nSPS) is 25.7. The van der Waals surface area contributed by atoms with Gasteiger partial charge in [0.1, 0.15) is 0 Å². The molecule has 1 aromatic carbocycles. The van der Waals surface area contributed by atoms with E-state index < -0.39 is 6.10 Å². The van der Waals surface area contributed by atoms with E-state index in [-0.39, 0.29) is 23.9 Å². The van der Waals surface area contributed by atoms with Gasteiger partial charge in [0, 0.05) is 36.6 Å². The lowest BCUT2D eigenvalue weighted by atomic mass is 9.83. The first-order chi connectivity index (χ1) is 12.1. The Morgan fingerprint density at radius 2 is 2.08 bits per heavy atom. The van der Waals surface area contributed by atoms with E-state index in [4.69, 9.17) is 0 Å². The number of anilines is 1. The SMILES string of the molecule is O=C(N[C@H]1C[C@@H](O)[C@@H]1n1cccn1)c1ccc(N2CCCC2=O)cc1. The van der Waals surface area contributed by atoms with Crippen molar-refractivity contribution < 1.29 is 14.7 Å². The Morgan fingerprint density at radius 1 is 1.28 bits per heavy atom. The van der Waals surface area contributed by atoms with E-state index >= 15 is 0 Å². The molecule has 2 aliphatic rings. The Morgan fingerprint density at radius 3 is 2.68 bits per heavy atom. The number of amides is 2. The van der Waals surface area contributed by atoms with Gasteiger partial charge >= 0.3 is 0 Å². The van der Waals surface area contributed by atoms with Gasteiger partial charge in [-0.3, -0.25) is 14.3 Å². The van der Waals surface area contributed by atoms with Crippen LogP contribution in [-0.4, -0.2) is 45.4 Å². The predicted molar refractivity (Wildman–Crippen MR) is 91.2 cm³/mol. The van der Waals surface area contributed by atoms with Crippen LogP contribution < -0.4 is 10.2 Å². The topological polar surface area (TPSA) is 87.5 Å². The van der Waals surface area contributed by atoms with Crippen LogP contribution in [-0.2, 0) is 4.79 Å². The molecule has 1 saturated carbocycles. The minimum atomic E-state index is -0.506. The van der Waals surface area contributed by atoms with Crippen molar-refractivity contribution in [2.75, 3.05) is 11.4 Å². The van der Waals surface area contributed by atoms with E-state index in [9.17, 15) is 14.7 Å². The summed E-state index contributed by atoms with van der Waals surface area (Å²) in [5, 5.41) is 17.1. The van der Waals surface area contributed by atoms with Gasteiger partial charge in [0.15, 0.2) is 0 Å². The van der Waals surface area contributed by atoms with Crippen molar-refractivity contribution >= 4 is 17.5 Å². The second-order valence-corrected chi connectivity index (χ2v) is 6.56. The molecule has 1 aromatic heterocycles. The smallest absolute Gasteiger partial charge is 0.251 e. The summed E-state index contributed by atoms with van der Waals surface area (Å²) in [6.45, 7) is 0.732. The molecule has 2 heterocycles. The molecule has 1 aliphatic carbocycles. The maximum absolute atomic E-state index is 12.5. The first-order valence-corrected chi connectivity index (χ1v) is 8.52. The number of carbonyl (C=O) groups is 2. The van der Waals surface area contributed by atoms with Crippen LogP contribution in [0.1, 0.15) is 35.7 Å². The van der Waals surface area contributed by atoms with Gasteiger partial charge in [0.25, 0.3) is 5.91 Å². The first-order valence-electron chi connectivity index (χ1n) is 8.52. The van der Waals surface area contributed by atoms with E-state index in [2.05, 4.69) is 10.4 Å². The number of hydrogen-bond acceptors (Lipinski definition) is 4. The lowest BCUT2D eigenvalue weighted by Crippen LogP contribution is -2.56. The highest BCUT2D eigenvalue weighted by molar-refractivity contribution is 5.97. The molecule has 2 fully saturated rings. The van der Waals surface area contributed by atoms with Gasteiger partial charge in [-0.1, -0.05) is 0 Å². The fourth-order valence-corrected chi connectivity index (χ4v) is 3.54. The number of aliphatic hydroxyl groups excluding tert-OH is 1. The predicted octanol–water partition coefficient (Wildman–Crippen LogP) is 1.11. The number of rotatable bonds is 4. The average Bonchev–Trinajstić information content (AvgIpc) is 3.26. The van der Waals surface area contributed by atoms with Crippen molar-refractivity contribution in [2.45, 2.75) is 37.5 Å². The minimum absolute atomic E-state index is 0.128. The number of hydrogen-bond donors (Lipinski definition) is 2. The first kappa shape index (κ1) is 15.8. The van der Waals surface area contributed by atoms with Gasteiger partial charge in [0.05, 0.1) is 18.2 Å². The Balaban J connectivity index is 1.42. The second kappa shape index (κ2) is 6.33. The van der Waals surface area contributed by atoms with Crippen molar-refractivity contribution in [1.82, 2.24) is 15.1 Å². The standard InChI is InChI=1S/C18H20N4O3/c23-15-11-14(17(15)22-10-2-8-19-22)20-18(25)12-4-6-13(7-5-12)21-9-1-3-16(21)24/h2,4-8,10,14-15,17,23H,1,3,9,11H2,(H,20,25)/t14-,15+,17+/m0/s1. The molecule has 0 spiro atoms. The van der Waals surface area contributed by atoms with E-state index in [1.165, 1.54) is 0 Å². The van der Waals surface area contributed by atoms with Gasteiger partial charge in [0.2, 0.25) is 5.91 Å². The summed E-state index contributed by atoms with van der Waals surface area (Å²) in [5.41, 5.74) is 1.36. The van der Waals surface area contributed by atoms with Crippen LogP contribution in [0.5, 0.6) is 0 Å². The van der Waals surface area contributed by atoms with Crippen molar-refractivity contribution in [3.05, 3.63) is 48.3 Å². The zero-order valence-electron chi connectivity index (χ0n) is 13.7. The zero-order valence-corrected chi connectivity index (χ0v) is 13.7. The van der Waals surface area contributed by atoms with E-state index in [1.54, 1.807) is 52.3 Å². The molecular weight excluding hydrogens is 320 g/mol. The molecule has 7 nitrogen and oxygen atoms in total. The molecule has 1 saturated heterocycles. The number of aliphatic hydroxyl groups is 1. The largest absolute Gasteiger partial charge is 0.391 e. The summed E-state index contributed by atoms with van der Waals surface area (Å²) in [6, 6.07) is 8.48. The average molecular weight is 340 g/mol. The maximum atomic E-state index is 12.5. The molecule has 3 atom stereocenters. The summed E-state index contributed by atoms with van der Waals surface area (Å²) < 4.78 is 1.68. The summed E-state index contributed by atoms with van der Waals surface area (Å²) in [4.78, 5) is 26.0. The van der Waals surface area contributed by atoms with E-state index in [0.29, 0.717) is 18.4 Å². The van der Waals surface area contributed by atoms with Gasteiger partial charge in [-0.15, -0.1) is 0 Å². The highest BCUT2D eigenvalue weighted by atomic mass is 16.3. The molecule has 2 amide bonds. The van der Waals surface area contributed by atoms with Crippen LogP contribution in [0.4, 0.5) is 5.69 Å². The Bertz CT molecular complexity index is 772. The number of benzene rings is 1. The second-order valence-electron chi connectivity index (χ2n) is 6.56. The quantitative estimate of drug-likeness (QED) is 0.873. The molecule has 25 heavy (non-hydrogen) atoms. The molecule has 4 rings (SSSR count). The van der Waals surface area contributed by atoms with Crippen LogP contribution in [0.3, 0.4) is 0 Å². The monoisotopic (exact) mass is 340 g/mol. The molecule has 1 aliphatic heterocycles. The summed E-state index contributed by atoms with van der Waals surface area (Å²) >= 11 is 0. The summed E-state index contributed by atoms with van der Waals surface area (Å²) in [5.74, 6) is -0.0592. The fraction of sp³-hybridized carbons (Fsp3) is 0.389. The molecule has 7 heteroatoms. The molecule has 0 bridgehead atoms. The lowest BCUT2D eigenvalue weighted by molar-refractivity contribution is -0.117. The third-order valence-electron chi connectivity index (χ3n) is 4.96. The number of nitrogens with zero attached hydrogens (tertiary/aromatic N) is 3. The molecule has 2 aromatic rings. The molecule has 0 radical (unpaired) electrons. The van der Waals surface area contributed by atoms with E-state index in [0.717, 1.165) is 18.7 Å². The van der Waals surface area contributed by atoms with Crippen LogP contribution in [0.15, 0.2) is 42.7 Å². The number of carbonyl (C=O) groups excluding carboxylic acids is 2. The molecule has 2 N–H and O–H groups in total. The van der Waals surface area contributed by atoms with Crippen LogP contribution in [0.2, 0.25) is 0 Å². The van der Waals surface area contributed by atoms with Crippen LogP contribution in [0, 0.1) is 0 Å². The molecule has 130 valence electrons. The van der Waals surface area contributed by atoms with E-state index in [1.807, 2.05) is 0 Å². The van der Waals surface area contributed by atoms with Crippen LogP contribution in [0.25, 0.3) is 0 Å². The third kappa shape index (κ3) is 2.91. The van der Waals surface area contributed by atoms with Crippen LogP contribution >= 0.6 is 0 Å². The third-order valence-corrected chi connectivity index (χ3v) is 4.96. The molecule has 0 unspecified atom stereocenters. The fourth-order valence-electron chi connectivity index (χ4n) is 3.54. The number of aromatic nitrogens is 2. The Hall–Kier alpha value is -2.67. The van der Waals surface area contributed by atoms with Gasteiger partial charge < -0.3 is 15.3 Å². The van der Waals surface area contributed by atoms with Gasteiger partial charge in [-0.25, -0.2) is 0 Å². The maximum Gasteiger partial charge on any atom is 0.251 e. The van der Waals surface area contributed by atoms with Gasteiger partial charge in [-0.2, -0.15) is 5.10 Å². The Labute approximate surface area is 145 Å². The molecular formula is C18H20N4O3. The van der Waals surface area contributed by atoms with Crippen molar-refractivity contribution in [1.29, 1.82) is 0 Å².